The molecule has 0 radical (unpaired) electrons. The van der Waals surface area contributed by atoms with Crippen molar-refractivity contribution in [2.24, 2.45) is 5.92 Å². The lowest BCUT2D eigenvalue weighted by Crippen LogP contribution is -2.26. The summed E-state index contributed by atoms with van der Waals surface area (Å²) < 4.78 is 7.63. The van der Waals surface area contributed by atoms with Gasteiger partial charge in [0.05, 0.1) is 5.76 Å². The average Bonchev–Trinajstić information content (AvgIpc) is 2.06. The molecule has 1 aliphatic rings. The molecule has 1 atom stereocenters. The molecule has 0 amide bonds. The predicted molar refractivity (Wildman–Crippen MR) is 73.1 cm³/mol. The highest BCUT2D eigenvalue weighted by atomic mass is 127. The van der Waals surface area contributed by atoms with Gasteiger partial charge in [-0.15, -0.1) is 0 Å². The van der Waals surface area contributed by atoms with Crippen LogP contribution in [0.2, 0.25) is 19.6 Å². The van der Waals surface area contributed by atoms with Crippen LogP contribution >= 0.6 is 22.6 Å². The highest BCUT2D eigenvalue weighted by Crippen LogP contribution is 2.37. The number of hydrogen-bond donors (Lipinski definition) is 0. The zero-order valence-electron chi connectivity index (χ0n) is 9.69. The molecular weight excluding hydrogens is 303 g/mol. The summed E-state index contributed by atoms with van der Waals surface area (Å²) in [4.78, 5) is 0. The fraction of sp³-hybridized carbons (Fsp3) is 0.818. The molecule has 82 valence electrons. The van der Waals surface area contributed by atoms with Gasteiger partial charge in [-0.3, -0.25) is 0 Å². The topological polar surface area (TPSA) is 9.23 Å². The summed E-state index contributed by atoms with van der Waals surface area (Å²) >= 11 is 2.50. The van der Waals surface area contributed by atoms with Crippen LogP contribution in [0.25, 0.3) is 0 Å². The van der Waals surface area contributed by atoms with E-state index in [9.17, 15) is 0 Å². The Morgan fingerprint density at radius 2 is 2.07 bits per heavy atom. The Kier molecular flexibility index (Phi) is 4.49. The molecule has 3 heteroatoms. The van der Waals surface area contributed by atoms with E-state index in [2.05, 4.69) is 49.2 Å². The van der Waals surface area contributed by atoms with Crippen molar-refractivity contribution in [3.63, 3.8) is 0 Å². The molecule has 1 nitrogen and oxygen atoms in total. The minimum absolute atomic E-state index is 0.774. The van der Waals surface area contributed by atoms with Crippen LogP contribution in [0.3, 0.4) is 0 Å². The molecule has 0 heterocycles. The predicted octanol–water partition coefficient (Wildman–Crippen LogP) is 4.69. The van der Waals surface area contributed by atoms with Gasteiger partial charge >= 0.3 is 0 Å². The molecule has 0 aromatic heterocycles. The summed E-state index contributed by atoms with van der Waals surface area (Å²) in [6.45, 7) is 9.07. The third kappa shape index (κ3) is 3.57. The van der Waals surface area contributed by atoms with E-state index >= 15 is 0 Å². The Labute approximate surface area is 103 Å². The number of allylic oxidation sites excluding steroid dienone is 2. The maximum absolute atomic E-state index is 6.13. The van der Waals surface area contributed by atoms with Gasteiger partial charge in [0.15, 0.2) is 0 Å². The van der Waals surface area contributed by atoms with Gasteiger partial charge in [0.2, 0.25) is 8.32 Å². The van der Waals surface area contributed by atoms with Gasteiger partial charge in [-0.1, -0.05) is 6.92 Å². The van der Waals surface area contributed by atoms with E-state index in [0.29, 0.717) is 0 Å². The smallest absolute Gasteiger partial charge is 0.241 e. The molecule has 0 saturated heterocycles. The Morgan fingerprint density at radius 1 is 1.43 bits per heavy atom. The standard InChI is InChI=1S/C11H21IOSi/c1-5-9-7-6-8-10(11(9)12)13-14(2,3)4/h9H,5-8H2,1-4H3. The van der Waals surface area contributed by atoms with Crippen LogP contribution in [0, 0.1) is 5.92 Å². The minimum atomic E-state index is -1.39. The first kappa shape index (κ1) is 12.6. The third-order valence-corrected chi connectivity index (χ3v) is 4.84. The Balaban J connectivity index is 2.74. The van der Waals surface area contributed by atoms with Crippen molar-refractivity contribution in [2.45, 2.75) is 52.2 Å². The van der Waals surface area contributed by atoms with Crippen molar-refractivity contribution in [1.82, 2.24) is 0 Å². The van der Waals surface area contributed by atoms with Gasteiger partial charge < -0.3 is 4.43 Å². The fourth-order valence-electron chi connectivity index (χ4n) is 1.84. The lowest BCUT2D eigenvalue weighted by atomic mass is 9.93. The van der Waals surface area contributed by atoms with Crippen LogP contribution in [-0.4, -0.2) is 8.32 Å². The summed E-state index contributed by atoms with van der Waals surface area (Å²) in [6.07, 6.45) is 5.09. The summed E-state index contributed by atoms with van der Waals surface area (Å²) in [5, 5.41) is 0. The van der Waals surface area contributed by atoms with Gasteiger partial charge in [-0.05, 0) is 67.4 Å². The van der Waals surface area contributed by atoms with Crippen molar-refractivity contribution in [1.29, 1.82) is 0 Å². The lowest BCUT2D eigenvalue weighted by Gasteiger charge is -2.29. The maximum atomic E-state index is 6.13. The van der Waals surface area contributed by atoms with E-state index in [1.165, 1.54) is 35.0 Å². The number of hydrogen-bond acceptors (Lipinski definition) is 1. The molecule has 0 saturated carbocycles. The van der Waals surface area contributed by atoms with E-state index in [0.717, 1.165) is 5.92 Å². The molecule has 0 bridgehead atoms. The first-order valence-electron chi connectivity index (χ1n) is 5.51. The van der Waals surface area contributed by atoms with Crippen LogP contribution in [0.4, 0.5) is 0 Å². The molecule has 0 aliphatic heterocycles. The Bertz CT molecular complexity index is 230. The third-order valence-electron chi connectivity index (χ3n) is 2.50. The molecule has 14 heavy (non-hydrogen) atoms. The number of halogens is 1. The van der Waals surface area contributed by atoms with Gasteiger partial charge in [-0.2, -0.15) is 0 Å². The second kappa shape index (κ2) is 5.01. The molecule has 1 rings (SSSR count). The minimum Gasteiger partial charge on any atom is -0.547 e. The van der Waals surface area contributed by atoms with Crippen molar-refractivity contribution >= 4 is 30.9 Å². The van der Waals surface area contributed by atoms with Crippen LogP contribution < -0.4 is 0 Å². The summed E-state index contributed by atoms with van der Waals surface area (Å²) in [7, 11) is -1.39. The zero-order chi connectivity index (χ0) is 10.8. The normalized spacial score (nSPS) is 23.9. The molecule has 0 fully saturated rings. The van der Waals surface area contributed by atoms with Gasteiger partial charge in [0.1, 0.15) is 0 Å². The molecular formula is C11H21IOSi. The first-order chi connectivity index (χ1) is 6.44. The fourth-order valence-corrected chi connectivity index (χ4v) is 4.13. The monoisotopic (exact) mass is 324 g/mol. The van der Waals surface area contributed by atoms with Gasteiger partial charge in [0.25, 0.3) is 0 Å². The second-order valence-electron chi connectivity index (χ2n) is 4.98. The first-order valence-corrected chi connectivity index (χ1v) is 10.0. The Morgan fingerprint density at radius 3 is 2.57 bits per heavy atom. The van der Waals surface area contributed by atoms with Crippen molar-refractivity contribution < 1.29 is 4.43 Å². The second-order valence-corrected chi connectivity index (χ2v) is 10.6. The average molecular weight is 324 g/mol. The highest BCUT2D eigenvalue weighted by molar-refractivity contribution is 14.1. The largest absolute Gasteiger partial charge is 0.547 e. The molecule has 1 unspecified atom stereocenters. The molecule has 1 aliphatic carbocycles. The van der Waals surface area contributed by atoms with E-state index in [4.69, 9.17) is 4.43 Å². The Hall–Kier alpha value is 0.487. The van der Waals surface area contributed by atoms with E-state index in [1.54, 1.807) is 0 Å². The van der Waals surface area contributed by atoms with E-state index in [1.807, 2.05) is 0 Å². The van der Waals surface area contributed by atoms with Crippen molar-refractivity contribution in [3.05, 3.63) is 9.34 Å². The van der Waals surface area contributed by atoms with Crippen molar-refractivity contribution in [3.8, 4) is 0 Å². The SMILES string of the molecule is CCC1CCCC(O[Si](C)(C)C)=C1I. The summed E-state index contributed by atoms with van der Waals surface area (Å²) in [6, 6.07) is 0. The van der Waals surface area contributed by atoms with Crippen LogP contribution in [0.15, 0.2) is 9.34 Å². The van der Waals surface area contributed by atoms with E-state index in [-0.39, 0.29) is 0 Å². The quantitative estimate of drug-likeness (QED) is 0.540. The summed E-state index contributed by atoms with van der Waals surface area (Å²) in [5.74, 6) is 2.08. The zero-order valence-corrected chi connectivity index (χ0v) is 12.8. The molecule has 0 aromatic carbocycles. The van der Waals surface area contributed by atoms with Crippen LogP contribution in [0.1, 0.15) is 32.6 Å². The molecule has 0 aromatic rings. The van der Waals surface area contributed by atoms with Crippen LogP contribution in [-0.2, 0) is 4.43 Å². The van der Waals surface area contributed by atoms with Crippen molar-refractivity contribution in [2.75, 3.05) is 0 Å². The van der Waals surface area contributed by atoms with Gasteiger partial charge in [0, 0.05) is 10.0 Å². The summed E-state index contributed by atoms with van der Waals surface area (Å²) in [5.41, 5.74) is 0. The van der Waals surface area contributed by atoms with Gasteiger partial charge in [-0.25, -0.2) is 0 Å². The maximum Gasteiger partial charge on any atom is 0.241 e. The molecule has 0 N–H and O–H groups in total. The van der Waals surface area contributed by atoms with Crippen LogP contribution in [0.5, 0.6) is 0 Å². The number of rotatable bonds is 3. The highest BCUT2D eigenvalue weighted by Gasteiger charge is 2.25. The lowest BCUT2D eigenvalue weighted by molar-refractivity contribution is 0.353. The van der Waals surface area contributed by atoms with E-state index < -0.39 is 8.32 Å². The molecule has 0 spiro atoms.